The summed E-state index contributed by atoms with van der Waals surface area (Å²) in [5, 5.41) is 22.3. The first kappa shape index (κ1) is 15.7. The molecule has 2 heterocycles. The standard InChI is InChI=1S/C17H20N4OS/c1-2-3-4-7-11-21-14-9-6-5-8-13(14)15(16(21)22)19-20-17-18-10-12-23-17/h5-6,8-10,12,22H,2-4,7,11H2,1H3. The van der Waals surface area contributed by atoms with Crippen molar-refractivity contribution in [2.24, 2.45) is 10.2 Å². The average molecular weight is 328 g/mol. The minimum atomic E-state index is 0.183. The zero-order chi connectivity index (χ0) is 16.1. The number of azo groups is 1. The molecule has 0 fully saturated rings. The van der Waals surface area contributed by atoms with Crippen LogP contribution in [0.15, 0.2) is 46.1 Å². The Morgan fingerprint density at radius 2 is 2.04 bits per heavy atom. The molecule has 23 heavy (non-hydrogen) atoms. The maximum Gasteiger partial charge on any atom is 0.229 e. The molecule has 0 aliphatic rings. The molecule has 0 radical (unpaired) electrons. The minimum absolute atomic E-state index is 0.183. The second kappa shape index (κ2) is 7.37. The second-order valence-corrected chi connectivity index (χ2v) is 6.29. The molecule has 0 aliphatic carbocycles. The number of nitrogens with zero attached hydrogens (tertiary/aromatic N) is 4. The summed E-state index contributed by atoms with van der Waals surface area (Å²) in [6.07, 6.45) is 6.32. The Morgan fingerprint density at radius 1 is 1.17 bits per heavy atom. The van der Waals surface area contributed by atoms with Crippen LogP contribution in [0.25, 0.3) is 10.9 Å². The molecular weight excluding hydrogens is 308 g/mol. The number of thiazole rings is 1. The van der Waals surface area contributed by atoms with Crippen LogP contribution in [0.3, 0.4) is 0 Å². The van der Waals surface area contributed by atoms with Crippen molar-refractivity contribution in [2.75, 3.05) is 0 Å². The van der Waals surface area contributed by atoms with Gasteiger partial charge in [-0.25, -0.2) is 4.98 Å². The van der Waals surface area contributed by atoms with E-state index in [2.05, 4.69) is 22.1 Å². The highest BCUT2D eigenvalue weighted by molar-refractivity contribution is 7.13. The largest absolute Gasteiger partial charge is 0.493 e. The van der Waals surface area contributed by atoms with Crippen LogP contribution in [0.5, 0.6) is 5.88 Å². The van der Waals surface area contributed by atoms with Gasteiger partial charge < -0.3 is 9.67 Å². The van der Waals surface area contributed by atoms with Crippen molar-refractivity contribution in [2.45, 2.75) is 39.2 Å². The highest BCUT2D eigenvalue weighted by Crippen LogP contribution is 2.39. The molecule has 0 aliphatic heterocycles. The molecule has 3 aromatic rings. The molecule has 1 aromatic carbocycles. The van der Waals surface area contributed by atoms with E-state index in [4.69, 9.17) is 0 Å². The number of fused-ring (bicyclic) bond motifs is 1. The molecule has 0 bridgehead atoms. The van der Waals surface area contributed by atoms with Crippen molar-refractivity contribution in [3.05, 3.63) is 35.8 Å². The van der Waals surface area contributed by atoms with Crippen LogP contribution in [0, 0.1) is 0 Å². The third kappa shape index (κ3) is 3.42. The Morgan fingerprint density at radius 3 is 2.83 bits per heavy atom. The van der Waals surface area contributed by atoms with Gasteiger partial charge in [0.05, 0.1) is 5.52 Å². The number of aryl methyl sites for hydroxylation is 1. The van der Waals surface area contributed by atoms with E-state index < -0.39 is 0 Å². The lowest BCUT2D eigenvalue weighted by molar-refractivity contribution is 0.416. The van der Waals surface area contributed by atoms with Crippen LogP contribution in [0.1, 0.15) is 32.6 Å². The molecule has 0 unspecified atom stereocenters. The number of hydrogen-bond acceptors (Lipinski definition) is 5. The lowest BCUT2D eigenvalue weighted by Gasteiger charge is -2.06. The van der Waals surface area contributed by atoms with Gasteiger partial charge in [-0.3, -0.25) is 0 Å². The number of hydrogen-bond donors (Lipinski definition) is 1. The summed E-state index contributed by atoms with van der Waals surface area (Å²) in [5.41, 5.74) is 1.51. The summed E-state index contributed by atoms with van der Waals surface area (Å²) in [6.45, 7) is 2.98. The van der Waals surface area contributed by atoms with Crippen LogP contribution >= 0.6 is 11.3 Å². The maximum absolute atomic E-state index is 10.6. The monoisotopic (exact) mass is 328 g/mol. The molecule has 0 amide bonds. The molecular formula is C17H20N4OS. The predicted octanol–water partition coefficient (Wildman–Crippen LogP) is 5.80. The van der Waals surface area contributed by atoms with Gasteiger partial charge >= 0.3 is 0 Å². The lowest BCUT2D eigenvalue weighted by atomic mass is 10.2. The molecule has 1 N–H and O–H groups in total. The third-order valence-corrected chi connectivity index (χ3v) is 4.46. The zero-order valence-electron chi connectivity index (χ0n) is 13.1. The van der Waals surface area contributed by atoms with E-state index >= 15 is 0 Å². The highest BCUT2D eigenvalue weighted by Gasteiger charge is 2.16. The van der Waals surface area contributed by atoms with Crippen molar-refractivity contribution in [1.29, 1.82) is 0 Å². The third-order valence-electron chi connectivity index (χ3n) is 3.81. The molecule has 120 valence electrons. The SMILES string of the molecule is CCCCCCn1c(O)c(N=Nc2nccs2)c2ccccc21. The summed E-state index contributed by atoms with van der Waals surface area (Å²) in [4.78, 5) is 4.09. The fourth-order valence-corrected chi connectivity index (χ4v) is 3.10. The summed E-state index contributed by atoms with van der Waals surface area (Å²) in [7, 11) is 0. The van der Waals surface area contributed by atoms with Crippen molar-refractivity contribution < 1.29 is 5.11 Å². The molecule has 0 spiro atoms. The van der Waals surface area contributed by atoms with Crippen LogP contribution in [0.2, 0.25) is 0 Å². The van der Waals surface area contributed by atoms with Crippen molar-refractivity contribution in [3.63, 3.8) is 0 Å². The van der Waals surface area contributed by atoms with Gasteiger partial charge in [0.15, 0.2) is 5.69 Å². The van der Waals surface area contributed by atoms with E-state index in [1.165, 1.54) is 30.6 Å². The van der Waals surface area contributed by atoms with Crippen molar-refractivity contribution in [1.82, 2.24) is 9.55 Å². The number of rotatable bonds is 7. The number of para-hydroxylation sites is 1. The molecule has 0 atom stereocenters. The van der Waals surface area contributed by atoms with E-state index in [1.54, 1.807) is 6.20 Å². The fraction of sp³-hybridized carbons (Fsp3) is 0.353. The summed E-state index contributed by atoms with van der Waals surface area (Å²) in [5.74, 6) is 0.183. The zero-order valence-corrected chi connectivity index (χ0v) is 14.0. The quantitative estimate of drug-likeness (QED) is 0.440. The number of unbranched alkanes of at least 4 members (excludes halogenated alkanes) is 3. The molecule has 3 rings (SSSR count). The second-order valence-electron chi connectivity index (χ2n) is 5.42. The molecule has 0 saturated carbocycles. The Balaban J connectivity index is 1.93. The van der Waals surface area contributed by atoms with E-state index in [1.807, 2.05) is 34.2 Å². The number of aromatic hydroxyl groups is 1. The normalized spacial score (nSPS) is 11.7. The minimum Gasteiger partial charge on any atom is -0.493 e. The molecule has 5 nitrogen and oxygen atoms in total. The topological polar surface area (TPSA) is 62.8 Å². The Kier molecular flexibility index (Phi) is 5.02. The smallest absolute Gasteiger partial charge is 0.229 e. The number of aromatic nitrogens is 2. The van der Waals surface area contributed by atoms with Gasteiger partial charge in [0, 0.05) is 23.5 Å². The average Bonchev–Trinajstić information content (AvgIpc) is 3.17. The predicted molar refractivity (Wildman–Crippen MR) is 94.0 cm³/mol. The number of benzene rings is 1. The van der Waals surface area contributed by atoms with Gasteiger partial charge in [-0.05, 0) is 12.5 Å². The van der Waals surface area contributed by atoms with Gasteiger partial charge in [-0.1, -0.05) is 44.4 Å². The van der Waals surface area contributed by atoms with Gasteiger partial charge in [0.1, 0.15) is 0 Å². The van der Waals surface area contributed by atoms with Crippen LogP contribution in [-0.2, 0) is 6.54 Å². The van der Waals surface area contributed by atoms with Crippen molar-refractivity contribution >= 4 is 33.1 Å². The first-order valence-electron chi connectivity index (χ1n) is 7.92. The molecule has 6 heteroatoms. The molecule has 0 saturated heterocycles. The first-order valence-corrected chi connectivity index (χ1v) is 8.80. The molecule has 2 aromatic heterocycles. The summed E-state index contributed by atoms with van der Waals surface area (Å²) in [6, 6.07) is 7.91. The Bertz CT molecular complexity index is 792. The Hall–Kier alpha value is -2.21. The van der Waals surface area contributed by atoms with Crippen LogP contribution in [-0.4, -0.2) is 14.7 Å². The van der Waals surface area contributed by atoms with E-state index in [0.717, 1.165) is 23.9 Å². The fourth-order valence-electron chi connectivity index (χ4n) is 2.65. The van der Waals surface area contributed by atoms with Gasteiger partial charge in [-0.15, -0.1) is 21.6 Å². The van der Waals surface area contributed by atoms with E-state index in [-0.39, 0.29) is 5.88 Å². The van der Waals surface area contributed by atoms with Gasteiger partial charge in [-0.2, -0.15) is 0 Å². The van der Waals surface area contributed by atoms with Crippen LogP contribution < -0.4 is 0 Å². The maximum atomic E-state index is 10.6. The summed E-state index contributed by atoms with van der Waals surface area (Å²) < 4.78 is 1.93. The Labute approximate surface area is 139 Å². The van der Waals surface area contributed by atoms with Gasteiger partial charge in [0.2, 0.25) is 11.0 Å². The van der Waals surface area contributed by atoms with Crippen LogP contribution in [0.4, 0.5) is 10.8 Å². The van der Waals surface area contributed by atoms with Crippen molar-refractivity contribution in [3.8, 4) is 5.88 Å². The van der Waals surface area contributed by atoms with E-state index in [0.29, 0.717) is 10.8 Å². The first-order chi connectivity index (χ1) is 11.3. The summed E-state index contributed by atoms with van der Waals surface area (Å²) >= 11 is 1.42. The highest BCUT2D eigenvalue weighted by atomic mass is 32.1. The van der Waals surface area contributed by atoms with Gasteiger partial charge in [0.25, 0.3) is 0 Å². The lowest BCUT2D eigenvalue weighted by Crippen LogP contribution is -1.96. The van der Waals surface area contributed by atoms with E-state index in [9.17, 15) is 5.11 Å².